The standard InChI is InChI=1S/C14H12Cl2N2O4S/c1-22-11-5-2-9(3-6-11)14(19)17-18-23(20,21)13-8-10(15)4-7-12(13)16/h2-8,18H,1H3,(H,17,19). The second-order valence-electron chi connectivity index (χ2n) is 4.36. The number of amides is 1. The maximum absolute atomic E-state index is 12.2. The van der Waals surface area contributed by atoms with Crippen LogP contribution in [0.4, 0.5) is 0 Å². The van der Waals surface area contributed by atoms with Crippen molar-refractivity contribution < 1.29 is 17.9 Å². The van der Waals surface area contributed by atoms with Gasteiger partial charge >= 0.3 is 0 Å². The second-order valence-corrected chi connectivity index (χ2v) is 6.86. The zero-order valence-corrected chi connectivity index (χ0v) is 14.2. The summed E-state index contributed by atoms with van der Waals surface area (Å²) >= 11 is 11.6. The van der Waals surface area contributed by atoms with Crippen molar-refractivity contribution in [1.82, 2.24) is 10.3 Å². The van der Waals surface area contributed by atoms with E-state index in [1.807, 2.05) is 4.83 Å². The second kappa shape index (κ2) is 7.18. The van der Waals surface area contributed by atoms with E-state index in [-0.39, 0.29) is 20.5 Å². The number of methoxy groups -OCH3 is 1. The Kier molecular flexibility index (Phi) is 5.48. The van der Waals surface area contributed by atoms with E-state index in [0.29, 0.717) is 5.75 Å². The molecular weight excluding hydrogens is 363 g/mol. The Morgan fingerprint density at radius 3 is 2.35 bits per heavy atom. The van der Waals surface area contributed by atoms with E-state index < -0.39 is 15.9 Å². The predicted octanol–water partition coefficient (Wildman–Crippen LogP) is 2.63. The fraction of sp³-hybridized carbons (Fsp3) is 0.0714. The molecule has 1 amide bonds. The van der Waals surface area contributed by atoms with Gasteiger partial charge in [-0.1, -0.05) is 23.2 Å². The summed E-state index contributed by atoms with van der Waals surface area (Å²) in [7, 11) is -2.55. The van der Waals surface area contributed by atoms with Gasteiger partial charge in [0.1, 0.15) is 10.6 Å². The molecule has 0 spiro atoms. The van der Waals surface area contributed by atoms with Gasteiger partial charge in [0.05, 0.1) is 12.1 Å². The van der Waals surface area contributed by atoms with Gasteiger partial charge in [0.15, 0.2) is 0 Å². The Bertz CT molecular complexity index is 823. The molecule has 2 aromatic carbocycles. The van der Waals surface area contributed by atoms with Gasteiger partial charge in [0.2, 0.25) is 0 Å². The quantitative estimate of drug-likeness (QED) is 0.787. The molecule has 0 radical (unpaired) electrons. The summed E-state index contributed by atoms with van der Waals surface area (Å²) in [6.45, 7) is 0. The number of halogens is 2. The van der Waals surface area contributed by atoms with E-state index in [1.165, 1.54) is 37.4 Å². The number of carbonyl (C=O) groups is 1. The zero-order chi connectivity index (χ0) is 17.0. The van der Waals surface area contributed by atoms with Crippen molar-refractivity contribution in [1.29, 1.82) is 0 Å². The Hall–Kier alpha value is -1.80. The number of rotatable bonds is 5. The first-order valence-electron chi connectivity index (χ1n) is 6.25. The highest BCUT2D eigenvalue weighted by molar-refractivity contribution is 7.89. The van der Waals surface area contributed by atoms with Crippen molar-refractivity contribution in [3.05, 3.63) is 58.1 Å². The lowest BCUT2D eigenvalue weighted by molar-refractivity contribution is 0.0945. The zero-order valence-electron chi connectivity index (χ0n) is 11.8. The third-order valence-electron chi connectivity index (χ3n) is 2.83. The molecule has 0 aliphatic carbocycles. The lowest BCUT2D eigenvalue weighted by Gasteiger charge is -2.10. The normalized spacial score (nSPS) is 11.1. The van der Waals surface area contributed by atoms with Crippen molar-refractivity contribution in [2.24, 2.45) is 0 Å². The molecule has 0 fully saturated rings. The Morgan fingerprint density at radius 1 is 1.09 bits per heavy atom. The summed E-state index contributed by atoms with van der Waals surface area (Å²) in [6, 6.07) is 10.1. The molecule has 0 saturated heterocycles. The predicted molar refractivity (Wildman–Crippen MR) is 87.2 cm³/mol. The van der Waals surface area contributed by atoms with Crippen LogP contribution < -0.4 is 15.0 Å². The Labute approximate surface area is 143 Å². The van der Waals surface area contributed by atoms with Gasteiger partial charge < -0.3 is 4.74 Å². The number of carbonyl (C=O) groups excluding carboxylic acids is 1. The van der Waals surface area contributed by atoms with E-state index >= 15 is 0 Å². The van der Waals surface area contributed by atoms with Gasteiger partial charge in [0, 0.05) is 10.6 Å². The molecule has 0 aliphatic rings. The number of hydrazine groups is 1. The molecule has 0 unspecified atom stereocenters. The molecule has 2 aromatic rings. The summed E-state index contributed by atoms with van der Waals surface area (Å²) in [5.74, 6) is -0.0535. The van der Waals surface area contributed by atoms with Crippen molar-refractivity contribution >= 4 is 39.1 Å². The van der Waals surface area contributed by atoms with Gasteiger partial charge in [-0.3, -0.25) is 10.2 Å². The van der Waals surface area contributed by atoms with E-state index in [9.17, 15) is 13.2 Å². The number of ether oxygens (including phenoxy) is 1. The smallest absolute Gasteiger partial charge is 0.266 e. The monoisotopic (exact) mass is 374 g/mol. The third kappa shape index (κ3) is 4.35. The molecule has 0 bridgehead atoms. The molecule has 2 rings (SSSR count). The minimum atomic E-state index is -4.05. The molecule has 0 aromatic heterocycles. The summed E-state index contributed by atoms with van der Waals surface area (Å²) in [4.78, 5) is 13.7. The summed E-state index contributed by atoms with van der Waals surface area (Å²) in [5.41, 5.74) is 2.36. The van der Waals surface area contributed by atoms with Crippen LogP contribution in [0.15, 0.2) is 47.4 Å². The lowest BCUT2D eigenvalue weighted by Crippen LogP contribution is -2.41. The average molecular weight is 375 g/mol. The molecule has 0 aliphatic heterocycles. The van der Waals surface area contributed by atoms with Gasteiger partial charge in [-0.15, -0.1) is 4.83 Å². The first-order chi connectivity index (χ1) is 10.8. The van der Waals surface area contributed by atoms with Crippen LogP contribution in [0.2, 0.25) is 10.0 Å². The summed E-state index contributed by atoms with van der Waals surface area (Å²) in [6.07, 6.45) is 0. The van der Waals surface area contributed by atoms with E-state index in [1.54, 1.807) is 12.1 Å². The van der Waals surface area contributed by atoms with Crippen molar-refractivity contribution in [3.8, 4) is 5.75 Å². The van der Waals surface area contributed by atoms with Crippen LogP contribution in [0.3, 0.4) is 0 Å². The third-order valence-corrected chi connectivity index (χ3v) is 4.80. The molecule has 9 heteroatoms. The number of benzene rings is 2. The van der Waals surface area contributed by atoms with Gasteiger partial charge in [0.25, 0.3) is 15.9 Å². The van der Waals surface area contributed by atoms with Crippen molar-refractivity contribution in [2.45, 2.75) is 4.90 Å². The molecule has 6 nitrogen and oxygen atoms in total. The first kappa shape index (κ1) is 17.6. The molecule has 23 heavy (non-hydrogen) atoms. The lowest BCUT2D eigenvalue weighted by atomic mass is 10.2. The van der Waals surface area contributed by atoms with Gasteiger partial charge in [-0.05, 0) is 42.5 Å². The number of hydrogen-bond acceptors (Lipinski definition) is 4. The summed E-state index contributed by atoms with van der Waals surface area (Å²) in [5, 5.41) is 0.192. The van der Waals surface area contributed by atoms with E-state index in [0.717, 1.165) is 0 Å². The van der Waals surface area contributed by atoms with E-state index in [2.05, 4.69) is 5.43 Å². The first-order valence-corrected chi connectivity index (χ1v) is 8.48. The molecule has 0 atom stereocenters. The number of nitrogens with one attached hydrogen (secondary N) is 2. The van der Waals surface area contributed by atoms with Crippen LogP contribution in [-0.4, -0.2) is 21.4 Å². The van der Waals surface area contributed by atoms with Gasteiger partial charge in [-0.25, -0.2) is 8.42 Å². The molecule has 2 N–H and O–H groups in total. The van der Waals surface area contributed by atoms with Crippen LogP contribution in [-0.2, 0) is 10.0 Å². The van der Waals surface area contributed by atoms with Crippen molar-refractivity contribution in [2.75, 3.05) is 7.11 Å². The van der Waals surface area contributed by atoms with Crippen LogP contribution in [0.1, 0.15) is 10.4 Å². The number of hydrogen-bond donors (Lipinski definition) is 2. The average Bonchev–Trinajstić information content (AvgIpc) is 2.55. The van der Waals surface area contributed by atoms with Crippen LogP contribution >= 0.6 is 23.2 Å². The largest absolute Gasteiger partial charge is 0.497 e. The Balaban J connectivity index is 2.12. The molecule has 122 valence electrons. The minimum absolute atomic E-state index is 0.0133. The fourth-order valence-electron chi connectivity index (χ4n) is 1.67. The number of sulfonamides is 1. The Morgan fingerprint density at radius 2 is 1.74 bits per heavy atom. The fourth-order valence-corrected chi connectivity index (χ4v) is 3.27. The van der Waals surface area contributed by atoms with Gasteiger partial charge in [-0.2, -0.15) is 0 Å². The molecule has 0 heterocycles. The highest BCUT2D eigenvalue weighted by Gasteiger charge is 2.19. The highest BCUT2D eigenvalue weighted by atomic mass is 35.5. The van der Waals surface area contributed by atoms with Crippen LogP contribution in [0.5, 0.6) is 5.75 Å². The molecular formula is C14H12Cl2N2O4S. The van der Waals surface area contributed by atoms with Crippen LogP contribution in [0, 0.1) is 0 Å². The SMILES string of the molecule is COc1ccc(C(=O)NNS(=O)(=O)c2cc(Cl)ccc2Cl)cc1. The maximum atomic E-state index is 12.2. The minimum Gasteiger partial charge on any atom is -0.497 e. The van der Waals surface area contributed by atoms with E-state index in [4.69, 9.17) is 27.9 Å². The topological polar surface area (TPSA) is 84.5 Å². The highest BCUT2D eigenvalue weighted by Crippen LogP contribution is 2.24. The van der Waals surface area contributed by atoms with Crippen LogP contribution in [0.25, 0.3) is 0 Å². The maximum Gasteiger partial charge on any atom is 0.266 e. The summed E-state index contributed by atoms with van der Waals surface area (Å²) < 4.78 is 29.3. The molecule has 0 saturated carbocycles. The van der Waals surface area contributed by atoms with Crippen molar-refractivity contribution in [3.63, 3.8) is 0 Å².